The van der Waals surface area contributed by atoms with Crippen molar-refractivity contribution >= 4 is 40.3 Å². The van der Waals surface area contributed by atoms with Gasteiger partial charge in [-0.05, 0) is 41.5 Å². The molecule has 10 heteroatoms. The lowest BCUT2D eigenvalue weighted by Gasteiger charge is -2.13. The van der Waals surface area contributed by atoms with Gasteiger partial charge in [0.25, 0.3) is 0 Å². The number of hydrogen-bond acceptors (Lipinski definition) is 10. The molecular formula is C16H25N7O2S. The molecule has 0 amide bonds. The van der Waals surface area contributed by atoms with E-state index in [1.54, 1.807) is 13.8 Å². The molecule has 0 unspecified atom stereocenters. The van der Waals surface area contributed by atoms with Gasteiger partial charge >= 0.3 is 5.97 Å². The van der Waals surface area contributed by atoms with Crippen LogP contribution >= 0.6 is 11.3 Å². The van der Waals surface area contributed by atoms with E-state index < -0.39 is 0 Å². The van der Waals surface area contributed by atoms with E-state index >= 15 is 0 Å². The van der Waals surface area contributed by atoms with E-state index in [4.69, 9.17) is 4.74 Å². The third-order valence-corrected chi connectivity index (χ3v) is 4.00. The summed E-state index contributed by atoms with van der Waals surface area (Å²) in [5.74, 6) is 0.880. The van der Waals surface area contributed by atoms with Gasteiger partial charge < -0.3 is 15.4 Å². The molecule has 0 aliphatic heterocycles. The van der Waals surface area contributed by atoms with Gasteiger partial charge in [0.05, 0.1) is 12.3 Å². The smallest absolute Gasteiger partial charge is 0.350 e. The molecule has 2 heterocycles. The number of aromatic nitrogens is 4. The highest BCUT2D eigenvalue weighted by Gasteiger charge is 2.17. The first kappa shape index (κ1) is 19.8. The van der Waals surface area contributed by atoms with Gasteiger partial charge in [0.1, 0.15) is 4.88 Å². The van der Waals surface area contributed by atoms with Crippen LogP contribution in [0.4, 0.5) is 23.0 Å². The van der Waals surface area contributed by atoms with Crippen molar-refractivity contribution < 1.29 is 9.53 Å². The molecule has 0 aromatic carbocycles. The number of rotatable bonds is 8. The molecule has 0 spiro atoms. The highest BCUT2D eigenvalue weighted by molar-refractivity contribution is 7.17. The van der Waals surface area contributed by atoms with E-state index in [0.717, 1.165) is 0 Å². The van der Waals surface area contributed by atoms with Gasteiger partial charge in [0.15, 0.2) is 5.13 Å². The number of nitrogens with one attached hydrogen (secondary N) is 3. The molecule has 0 aliphatic carbocycles. The minimum atomic E-state index is -0.379. The van der Waals surface area contributed by atoms with E-state index in [1.807, 2.05) is 27.7 Å². The maximum absolute atomic E-state index is 11.9. The zero-order chi connectivity index (χ0) is 19.3. The zero-order valence-electron chi connectivity index (χ0n) is 15.9. The summed E-state index contributed by atoms with van der Waals surface area (Å²) in [6, 6.07) is 0.351. The maximum Gasteiger partial charge on any atom is 0.350 e. The Hall–Kier alpha value is -2.49. The van der Waals surface area contributed by atoms with Crippen LogP contribution in [0.1, 0.15) is 50.0 Å². The Kier molecular flexibility index (Phi) is 6.67. The van der Waals surface area contributed by atoms with E-state index in [9.17, 15) is 4.79 Å². The van der Waals surface area contributed by atoms with Crippen molar-refractivity contribution in [3.63, 3.8) is 0 Å². The number of ether oxygens (including phenoxy) is 1. The monoisotopic (exact) mass is 379 g/mol. The van der Waals surface area contributed by atoms with Crippen LogP contribution in [0.3, 0.4) is 0 Å². The molecule has 0 aliphatic rings. The molecule has 3 N–H and O–H groups in total. The second-order valence-corrected chi connectivity index (χ2v) is 7.18. The lowest BCUT2D eigenvalue weighted by molar-refractivity contribution is 0.0531. The van der Waals surface area contributed by atoms with Crippen molar-refractivity contribution in [1.82, 2.24) is 19.9 Å². The summed E-state index contributed by atoms with van der Waals surface area (Å²) in [5.41, 5.74) is 0.603. The molecule has 26 heavy (non-hydrogen) atoms. The Morgan fingerprint density at radius 3 is 2.04 bits per heavy atom. The summed E-state index contributed by atoms with van der Waals surface area (Å²) in [4.78, 5) is 29.8. The van der Waals surface area contributed by atoms with Crippen molar-refractivity contribution in [2.75, 3.05) is 22.6 Å². The maximum atomic E-state index is 11.9. The standard InChI is InChI=1S/C16H25N7O2S/c1-7-25-12(24)11-10(6)19-16(26-11)23-15-21-13(17-8(2)3)20-14(22-15)18-9(4)5/h8-9H,7H2,1-6H3,(H3,17,18,19,20,21,22,23). The largest absolute Gasteiger partial charge is 0.462 e. The summed E-state index contributed by atoms with van der Waals surface area (Å²) < 4.78 is 5.04. The number of anilines is 4. The van der Waals surface area contributed by atoms with Crippen molar-refractivity contribution in [2.45, 2.75) is 53.6 Å². The first-order chi connectivity index (χ1) is 12.3. The molecule has 2 aromatic heterocycles. The van der Waals surface area contributed by atoms with E-state index in [-0.39, 0.29) is 18.1 Å². The average Bonchev–Trinajstić information content (AvgIpc) is 2.86. The van der Waals surface area contributed by atoms with Crippen molar-refractivity contribution in [3.8, 4) is 0 Å². The molecule has 0 saturated heterocycles. The minimum absolute atomic E-state index is 0.176. The first-order valence-electron chi connectivity index (χ1n) is 8.49. The fraction of sp³-hybridized carbons (Fsp3) is 0.562. The van der Waals surface area contributed by atoms with Gasteiger partial charge in [-0.2, -0.15) is 15.0 Å². The Morgan fingerprint density at radius 2 is 1.54 bits per heavy atom. The second-order valence-electron chi connectivity index (χ2n) is 6.18. The molecule has 142 valence electrons. The van der Waals surface area contributed by atoms with Gasteiger partial charge in [-0.1, -0.05) is 11.3 Å². The number of thiazole rings is 1. The van der Waals surface area contributed by atoms with Gasteiger partial charge in [-0.15, -0.1) is 0 Å². The quantitative estimate of drug-likeness (QED) is 0.595. The summed E-state index contributed by atoms with van der Waals surface area (Å²) >= 11 is 1.20. The van der Waals surface area contributed by atoms with Gasteiger partial charge in [-0.25, -0.2) is 9.78 Å². The lowest BCUT2D eigenvalue weighted by Crippen LogP contribution is -2.18. The molecular weight excluding hydrogens is 354 g/mol. The van der Waals surface area contributed by atoms with Crippen LogP contribution in [-0.4, -0.2) is 44.6 Å². The lowest BCUT2D eigenvalue weighted by atomic mass is 10.4. The van der Waals surface area contributed by atoms with Crippen molar-refractivity contribution in [1.29, 1.82) is 0 Å². The van der Waals surface area contributed by atoms with Gasteiger partial charge in [0, 0.05) is 12.1 Å². The number of carbonyl (C=O) groups is 1. The first-order valence-corrected chi connectivity index (χ1v) is 9.30. The van der Waals surface area contributed by atoms with Crippen molar-refractivity contribution in [2.24, 2.45) is 0 Å². The topological polar surface area (TPSA) is 114 Å². The molecule has 0 radical (unpaired) electrons. The Bertz CT molecular complexity index is 733. The Balaban J connectivity index is 2.27. The van der Waals surface area contributed by atoms with Gasteiger partial charge in [0.2, 0.25) is 17.8 Å². The summed E-state index contributed by atoms with van der Waals surface area (Å²) in [7, 11) is 0. The number of hydrogen-bond donors (Lipinski definition) is 3. The molecule has 2 rings (SSSR count). The number of esters is 1. The van der Waals surface area contributed by atoms with Crippen LogP contribution in [0, 0.1) is 6.92 Å². The SMILES string of the molecule is CCOC(=O)c1sc(Nc2nc(NC(C)C)nc(NC(C)C)n2)nc1C. The molecule has 9 nitrogen and oxygen atoms in total. The van der Waals surface area contributed by atoms with Crippen LogP contribution in [0.5, 0.6) is 0 Å². The van der Waals surface area contributed by atoms with E-state index in [0.29, 0.717) is 40.2 Å². The van der Waals surface area contributed by atoms with E-state index in [2.05, 4.69) is 35.9 Å². The fourth-order valence-corrected chi connectivity index (χ4v) is 2.86. The molecule has 0 fully saturated rings. The highest BCUT2D eigenvalue weighted by Crippen LogP contribution is 2.26. The number of nitrogens with zero attached hydrogens (tertiary/aromatic N) is 4. The van der Waals surface area contributed by atoms with Crippen LogP contribution in [0.2, 0.25) is 0 Å². The third-order valence-electron chi connectivity index (χ3n) is 2.95. The normalized spacial score (nSPS) is 10.9. The van der Waals surface area contributed by atoms with Crippen LogP contribution in [0.15, 0.2) is 0 Å². The second kappa shape index (κ2) is 8.75. The molecule has 2 aromatic rings. The summed E-state index contributed by atoms with van der Waals surface area (Å²) in [5, 5.41) is 9.89. The van der Waals surface area contributed by atoms with Crippen LogP contribution in [0.25, 0.3) is 0 Å². The van der Waals surface area contributed by atoms with Crippen LogP contribution in [-0.2, 0) is 4.74 Å². The van der Waals surface area contributed by atoms with Gasteiger partial charge in [-0.3, -0.25) is 5.32 Å². The molecule has 0 atom stereocenters. The Morgan fingerprint density at radius 1 is 1.00 bits per heavy atom. The predicted molar refractivity (Wildman–Crippen MR) is 103 cm³/mol. The third kappa shape index (κ3) is 5.51. The number of aryl methyl sites for hydroxylation is 1. The molecule has 0 saturated carbocycles. The van der Waals surface area contributed by atoms with Crippen molar-refractivity contribution in [3.05, 3.63) is 10.6 Å². The van der Waals surface area contributed by atoms with E-state index in [1.165, 1.54) is 11.3 Å². The molecule has 0 bridgehead atoms. The Labute approximate surface area is 157 Å². The fourth-order valence-electron chi connectivity index (χ4n) is 2.01. The summed E-state index contributed by atoms with van der Waals surface area (Å²) in [6.07, 6.45) is 0. The van der Waals surface area contributed by atoms with Crippen LogP contribution < -0.4 is 16.0 Å². The number of carbonyl (C=O) groups excluding carboxylic acids is 1. The summed E-state index contributed by atoms with van der Waals surface area (Å²) in [6.45, 7) is 11.9. The average molecular weight is 379 g/mol. The highest BCUT2D eigenvalue weighted by atomic mass is 32.1. The predicted octanol–water partition coefficient (Wildman–Crippen LogP) is 3.20. The zero-order valence-corrected chi connectivity index (χ0v) is 16.7. The minimum Gasteiger partial charge on any atom is -0.462 e.